The van der Waals surface area contributed by atoms with E-state index in [9.17, 15) is 19.5 Å². The van der Waals surface area contributed by atoms with Gasteiger partial charge in [-0.2, -0.15) is 0 Å². The Morgan fingerprint density at radius 1 is 0.940 bits per heavy atom. The SMILES string of the molecule is C[C@H]1[C@@H](CSc2nc3ccccc3s2)O[C@@H](c2ccc(N3C(=O)CC(NC(=O)OCc4ccccc4)C3=O)cc2)O[C@H]1c1ccc(CO)cc1. The van der Waals surface area contributed by atoms with E-state index < -0.39 is 30.2 Å². The van der Waals surface area contributed by atoms with Crippen LogP contribution in [0.25, 0.3) is 10.2 Å². The van der Waals surface area contributed by atoms with Gasteiger partial charge in [-0.05, 0) is 41.0 Å². The number of aliphatic hydroxyl groups excluding tert-OH is 1. The van der Waals surface area contributed by atoms with E-state index in [1.54, 1.807) is 47.4 Å². The molecule has 2 N–H and O–H groups in total. The Balaban J connectivity index is 1.05. The lowest BCUT2D eigenvalue weighted by Gasteiger charge is -2.41. The predicted octanol–water partition coefficient (Wildman–Crippen LogP) is 6.93. The quantitative estimate of drug-likeness (QED) is 0.117. The molecule has 0 aliphatic carbocycles. The van der Waals surface area contributed by atoms with Crippen LogP contribution in [0.5, 0.6) is 0 Å². The second kappa shape index (κ2) is 15.1. The molecule has 2 aliphatic heterocycles. The second-order valence-corrected chi connectivity index (χ2v) is 14.5. The molecule has 0 saturated carbocycles. The van der Waals surface area contributed by atoms with Crippen molar-refractivity contribution >= 4 is 56.9 Å². The number of para-hydroxylation sites is 1. The van der Waals surface area contributed by atoms with Crippen molar-refractivity contribution in [2.45, 2.75) is 55.4 Å². The Morgan fingerprint density at radius 2 is 1.66 bits per heavy atom. The fourth-order valence-electron chi connectivity index (χ4n) is 6.08. The minimum absolute atomic E-state index is 0.00367. The Kier molecular flexibility index (Phi) is 10.2. The molecule has 50 heavy (non-hydrogen) atoms. The van der Waals surface area contributed by atoms with Crippen molar-refractivity contribution in [3.63, 3.8) is 0 Å². The maximum Gasteiger partial charge on any atom is 0.408 e. The van der Waals surface area contributed by atoms with E-state index in [1.807, 2.05) is 72.8 Å². The van der Waals surface area contributed by atoms with Crippen molar-refractivity contribution in [2.75, 3.05) is 10.7 Å². The van der Waals surface area contributed by atoms with Crippen molar-refractivity contribution in [1.29, 1.82) is 0 Å². The monoisotopic (exact) mass is 709 g/mol. The van der Waals surface area contributed by atoms with Crippen LogP contribution in [-0.2, 0) is 37.0 Å². The minimum Gasteiger partial charge on any atom is -0.445 e. The van der Waals surface area contributed by atoms with Crippen LogP contribution in [0.15, 0.2) is 107 Å². The molecule has 256 valence electrons. The zero-order valence-electron chi connectivity index (χ0n) is 27.1. The van der Waals surface area contributed by atoms with Crippen LogP contribution in [0.4, 0.5) is 10.5 Å². The third-order valence-electron chi connectivity index (χ3n) is 8.84. The number of ether oxygens (including phenoxy) is 3. The molecule has 12 heteroatoms. The molecule has 3 amide bonds. The van der Waals surface area contributed by atoms with Gasteiger partial charge < -0.3 is 24.6 Å². The van der Waals surface area contributed by atoms with Gasteiger partial charge in [-0.1, -0.05) is 97.5 Å². The van der Waals surface area contributed by atoms with Gasteiger partial charge in [0.1, 0.15) is 12.6 Å². The number of imide groups is 1. The average molecular weight is 710 g/mol. The number of rotatable bonds is 10. The fourth-order valence-corrected chi connectivity index (χ4v) is 8.34. The normalized spacial score (nSPS) is 22.2. The first kappa shape index (κ1) is 33.9. The van der Waals surface area contributed by atoms with Crippen LogP contribution in [-0.4, -0.2) is 45.9 Å². The molecule has 10 nitrogen and oxygen atoms in total. The van der Waals surface area contributed by atoms with Gasteiger partial charge in [-0.3, -0.25) is 9.59 Å². The van der Waals surface area contributed by atoms with Crippen molar-refractivity contribution in [1.82, 2.24) is 10.3 Å². The Bertz CT molecular complexity index is 1940. The standard InChI is InChI=1S/C38H35N3O7S2/c1-23-31(22-49-38-40-29-9-5-6-10-32(29)50-38)47-36(48-34(23)26-13-11-24(20-42)12-14-26)27-15-17-28(18-16-27)41-33(43)19-30(35(41)44)39-37(45)46-21-25-7-3-2-4-8-25/h2-18,23,30-31,34,36,42H,19-22H2,1H3,(H,39,45)/t23-,30?,31+,34+,36+/m0/s1. The summed E-state index contributed by atoms with van der Waals surface area (Å²) in [5.41, 5.74) is 4.68. The van der Waals surface area contributed by atoms with E-state index >= 15 is 0 Å². The van der Waals surface area contributed by atoms with Gasteiger partial charge in [0.25, 0.3) is 5.91 Å². The summed E-state index contributed by atoms with van der Waals surface area (Å²) < 4.78 is 20.5. The summed E-state index contributed by atoms with van der Waals surface area (Å²) in [6.07, 6.45) is -2.14. The lowest BCUT2D eigenvalue weighted by molar-refractivity contribution is -0.268. The van der Waals surface area contributed by atoms with E-state index in [-0.39, 0.29) is 37.8 Å². The van der Waals surface area contributed by atoms with E-state index in [0.717, 1.165) is 41.7 Å². The lowest BCUT2D eigenvalue weighted by Crippen LogP contribution is -2.42. The summed E-state index contributed by atoms with van der Waals surface area (Å²) in [6, 6.07) is 30.9. The average Bonchev–Trinajstić information content (AvgIpc) is 3.69. The summed E-state index contributed by atoms with van der Waals surface area (Å²) in [7, 11) is 0. The van der Waals surface area contributed by atoms with Crippen LogP contribution < -0.4 is 10.2 Å². The molecule has 2 fully saturated rings. The van der Waals surface area contributed by atoms with E-state index in [4.69, 9.17) is 19.2 Å². The number of benzene rings is 4. The molecule has 5 aromatic rings. The number of alkyl carbamates (subject to hydrolysis) is 1. The third kappa shape index (κ3) is 7.44. The van der Waals surface area contributed by atoms with Crippen molar-refractivity contribution in [2.24, 2.45) is 5.92 Å². The molecule has 7 rings (SSSR count). The first-order valence-corrected chi connectivity index (χ1v) is 18.1. The Morgan fingerprint density at radius 3 is 2.40 bits per heavy atom. The molecule has 0 spiro atoms. The van der Waals surface area contributed by atoms with Crippen LogP contribution >= 0.6 is 23.1 Å². The highest BCUT2D eigenvalue weighted by molar-refractivity contribution is 8.01. The van der Waals surface area contributed by atoms with Crippen molar-refractivity contribution in [3.05, 3.63) is 125 Å². The molecular weight excluding hydrogens is 675 g/mol. The Labute approximate surface area is 297 Å². The molecule has 3 heterocycles. The fraction of sp³-hybridized carbons (Fsp3) is 0.263. The highest BCUT2D eigenvalue weighted by atomic mass is 32.2. The number of amides is 3. The largest absolute Gasteiger partial charge is 0.445 e. The van der Waals surface area contributed by atoms with Crippen LogP contribution in [0, 0.1) is 5.92 Å². The predicted molar refractivity (Wildman–Crippen MR) is 190 cm³/mol. The zero-order valence-corrected chi connectivity index (χ0v) is 28.8. The summed E-state index contributed by atoms with van der Waals surface area (Å²) >= 11 is 3.31. The van der Waals surface area contributed by atoms with E-state index in [1.165, 1.54) is 0 Å². The summed E-state index contributed by atoms with van der Waals surface area (Å²) in [4.78, 5) is 44.5. The first-order chi connectivity index (χ1) is 24.4. The van der Waals surface area contributed by atoms with Crippen molar-refractivity contribution in [3.8, 4) is 0 Å². The number of aromatic nitrogens is 1. The highest BCUT2D eigenvalue weighted by Gasteiger charge is 2.42. The lowest BCUT2D eigenvalue weighted by atomic mass is 9.91. The summed E-state index contributed by atoms with van der Waals surface area (Å²) in [5.74, 6) is -0.301. The van der Waals surface area contributed by atoms with Gasteiger partial charge >= 0.3 is 6.09 Å². The Hall–Kier alpha value is -4.59. The van der Waals surface area contributed by atoms with Gasteiger partial charge in [-0.15, -0.1) is 11.3 Å². The van der Waals surface area contributed by atoms with E-state index in [2.05, 4.69) is 18.3 Å². The zero-order chi connectivity index (χ0) is 34.6. The maximum absolute atomic E-state index is 13.2. The minimum atomic E-state index is -1.02. The molecule has 1 unspecified atom stereocenters. The van der Waals surface area contributed by atoms with Gasteiger partial charge in [0.05, 0.1) is 41.1 Å². The number of hydrogen-bond donors (Lipinski definition) is 2. The van der Waals surface area contributed by atoms with Gasteiger partial charge in [0, 0.05) is 17.2 Å². The molecule has 2 saturated heterocycles. The third-order valence-corrected chi connectivity index (χ3v) is 11.1. The smallest absolute Gasteiger partial charge is 0.408 e. The number of thiazole rings is 1. The highest BCUT2D eigenvalue weighted by Crippen LogP contribution is 2.44. The van der Waals surface area contributed by atoms with Crippen molar-refractivity contribution < 1.29 is 33.7 Å². The number of thioether (sulfide) groups is 1. The first-order valence-electron chi connectivity index (χ1n) is 16.3. The van der Waals surface area contributed by atoms with Crippen LogP contribution in [0.2, 0.25) is 0 Å². The van der Waals surface area contributed by atoms with Gasteiger partial charge in [0.2, 0.25) is 5.91 Å². The van der Waals surface area contributed by atoms with Crippen LogP contribution in [0.1, 0.15) is 48.0 Å². The van der Waals surface area contributed by atoms with Gasteiger partial charge in [-0.25, -0.2) is 14.7 Å². The number of hydrogen-bond acceptors (Lipinski definition) is 10. The molecule has 2 aliphatic rings. The molecule has 5 atom stereocenters. The maximum atomic E-state index is 13.2. The number of carbonyl (C=O) groups excluding carboxylic acids is 3. The topological polar surface area (TPSA) is 127 Å². The number of carbonyl (C=O) groups is 3. The number of fused-ring (bicyclic) bond motifs is 1. The molecule has 0 radical (unpaired) electrons. The number of anilines is 1. The van der Waals surface area contributed by atoms with E-state index in [0.29, 0.717) is 11.4 Å². The number of nitrogens with one attached hydrogen (secondary N) is 1. The summed E-state index contributed by atoms with van der Waals surface area (Å²) in [5, 5.41) is 12.1. The van der Waals surface area contributed by atoms with Gasteiger partial charge in [0.15, 0.2) is 10.6 Å². The summed E-state index contributed by atoms with van der Waals surface area (Å²) in [6.45, 7) is 2.12. The molecule has 4 aromatic carbocycles. The number of nitrogens with zero attached hydrogens (tertiary/aromatic N) is 2. The second-order valence-electron chi connectivity index (χ2n) is 12.2. The molecular formula is C38H35N3O7S2. The molecule has 1 aromatic heterocycles. The van der Waals surface area contributed by atoms with Crippen LogP contribution in [0.3, 0.4) is 0 Å². The molecule has 0 bridgehead atoms. The number of aliphatic hydroxyl groups is 1.